The van der Waals surface area contributed by atoms with E-state index in [1.807, 2.05) is 54.0 Å². The summed E-state index contributed by atoms with van der Waals surface area (Å²) < 4.78 is 3.17. The Bertz CT molecular complexity index is 1520. The lowest BCUT2D eigenvalue weighted by molar-refractivity contribution is 0.0998. The van der Waals surface area contributed by atoms with Gasteiger partial charge in [-0.2, -0.15) is 4.99 Å². The lowest BCUT2D eigenvalue weighted by Gasteiger charge is -2.03. The van der Waals surface area contributed by atoms with E-state index in [2.05, 4.69) is 40.8 Å². The van der Waals surface area contributed by atoms with E-state index in [0.29, 0.717) is 16.9 Å². The van der Waals surface area contributed by atoms with E-state index in [4.69, 9.17) is 0 Å². The predicted octanol–water partition coefficient (Wildman–Crippen LogP) is 5.64. The molecule has 0 aliphatic carbocycles. The van der Waals surface area contributed by atoms with Crippen LogP contribution >= 0.6 is 11.3 Å². The molecule has 0 radical (unpaired) electrons. The second-order valence-electron chi connectivity index (χ2n) is 7.20. The predicted molar refractivity (Wildman–Crippen MR) is 124 cm³/mol. The number of hydrogen-bond donors (Lipinski definition) is 0. The molecule has 0 spiro atoms. The number of fused-ring (bicyclic) bond motifs is 4. The largest absolute Gasteiger partial charge is 0.312 e. The maximum Gasteiger partial charge on any atom is 0.279 e. The Morgan fingerprint density at radius 2 is 1.93 bits per heavy atom. The van der Waals surface area contributed by atoms with E-state index >= 15 is 0 Å². The number of pyridine rings is 1. The van der Waals surface area contributed by atoms with Crippen LogP contribution in [0.2, 0.25) is 0 Å². The minimum Gasteiger partial charge on any atom is -0.312 e. The molecule has 0 aliphatic heterocycles. The van der Waals surface area contributed by atoms with Crippen molar-refractivity contribution >= 4 is 49.1 Å². The van der Waals surface area contributed by atoms with E-state index in [1.165, 1.54) is 22.1 Å². The molecule has 0 N–H and O–H groups in total. The molecule has 0 unspecified atom stereocenters. The molecular weight excluding hydrogens is 390 g/mol. The van der Waals surface area contributed by atoms with Gasteiger partial charge in [-0.25, -0.2) is 0 Å². The van der Waals surface area contributed by atoms with Gasteiger partial charge in [0.25, 0.3) is 5.91 Å². The quantitative estimate of drug-likeness (QED) is 0.362. The first-order valence-corrected chi connectivity index (χ1v) is 10.5. The number of hydrogen-bond acceptors (Lipinski definition) is 3. The second-order valence-corrected chi connectivity index (χ2v) is 8.17. The summed E-state index contributed by atoms with van der Waals surface area (Å²) in [4.78, 5) is 22.7. The van der Waals surface area contributed by atoms with Crippen molar-refractivity contribution in [1.82, 2.24) is 9.55 Å². The average molecular weight is 410 g/mol. The normalized spacial score (nSPS) is 12.1. The van der Waals surface area contributed by atoms with Crippen molar-refractivity contribution in [3.8, 4) is 0 Å². The van der Waals surface area contributed by atoms with Crippen molar-refractivity contribution in [3.05, 3.63) is 95.4 Å². The van der Waals surface area contributed by atoms with Gasteiger partial charge >= 0.3 is 0 Å². The van der Waals surface area contributed by atoms with Gasteiger partial charge in [0.2, 0.25) is 0 Å². The standard InChI is InChI=1S/C25H19N3OS/c1-3-14-28-22-13-11-17-6-4-5-7-20(17)23(22)30-25(28)27-24(29)19-10-12-21-18(15-19)9-8-16(2)26-21/h3-13,15H,1,14H2,2H3. The molecule has 5 heteroatoms. The Morgan fingerprint density at radius 3 is 2.80 bits per heavy atom. The minimum absolute atomic E-state index is 0.258. The maximum atomic E-state index is 13.0. The number of carbonyl (C=O) groups excluding carboxylic acids is 1. The van der Waals surface area contributed by atoms with Crippen LogP contribution in [-0.2, 0) is 6.54 Å². The Labute approximate surface area is 177 Å². The fraction of sp³-hybridized carbons (Fsp3) is 0.0800. The number of nitrogens with zero attached hydrogens (tertiary/aromatic N) is 3. The highest BCUT2D eigenvalue weighted by atomic mass is 32.1. The zero-order valence-corrected chi connectivity index (χ0v) is 17.3. The molecule has 0 saturated carbocycles. The van der Waals surface area contributed by atoms with Gasteiger partial charge in [-0.1, -0.05) is 53.8 Å². The monoisotopic (exact) mass is 409 g/mol. The molecular formula is C25H19N3OS. The van der Waals surface area contributed by atoms with Gasteiger partial charge in [0, 0.05) is 28.6 Å². The number of rotatable bonds is 3. The topological polar surface area (TPSA) is 47.2 Å². The lowest BCUT2D eigenvalue weighted by atomic mass is 10.1. The van der Waals surface area contributed by atoms with Crippen LogP contribution in [0.3, 0.4) is 0 Å². The molecule has 5 aromatic rings. The van der Waals surface area contributed by atoms with E-state index in [-0.39, 0.29) is 5.91 Å². The smallest absolute Gasteiger partial charge is 0.279 e. The summed E-state index contributed by atoms with van der Waals surface area (Å²) in [5.74, 6) is -0.258. The van der Waals surface area contributed by atoms with Crippen molar-refractivity contribution in [1.29, 1.82) is 0 Å². The third-order valence-corrected chi connectivity index (χ3v) is 6.29. The second kappa shape index (κ2) is 7.35. The number of thiazole rings is 1. The van der Waals surface area contributed by atoms with Crippen LogP contribution in [0.5, 0.6) is 0 Å². The highest BCUT2D eigenvalue weighted by molar-refractivity contribution is 7.17. The number of aryl methyl sites for hydroxylation is 1. The third-order valence-electron chi connectivity index (χ3n) is 5.16. The van der Waals surface area contributed by atoms with Gasteiger partial charge in [0.05, 0.1) is 15.7 Å². The third kappa shape index (κ3) is 3.13. The minimum atomic E-state index is -0.258. The summed E-state index contributed by atoms with van der Waals surface area (Å²) in [6.07, 6.45) is 1.83. The number of allylic oxidation sites excluding steroid dienone is 1. The van der Waals surface area contributed by atoms with Crippen molar-refractivity contribution in [2.24, 2.45) is 4.99 Å². The molecule has 0 atom stereocenters. The van der Waals surface area contributed by atoms with Gasteiger partial charge < -0.3 is 4.57 Å². The summed E-state index contributed by atoms with van der Waals surface area (Å²) in [5, 5.41) is 3.27. The fourth-order valence-electron chi connectivity index (χ4n) is 3.70. The Balaban J connectivity index is 1.68. The van der Waals surface area contributed by atoms with Crippen LogP contribution in [0.4, 0.5) is 0 Å². The van der Waals surface area contributed by atoms with Crippen molar-refractivity contribution < 1.29 is 4.79 Å². The van der Waals surface area contributed by atoms with E-state index in [1.54, 1.807) is 6.07 Å². The fourth-order valence-corrected chi connectivity index (χ4v) is 4.87. The molecule has 0 fully saturated rings. The van der Waals surface area contributed by atoms with Gasteiger partial charge in [-0.3, -0.25) is 9.78 Å². The van der Waals surface area contributed by atoms with Crippen LogP contribution in [0.25, 0.3) is 31.9 Å². The average Bonchev–Trinajstić information content (AvgIpc) is 3.11. The van der Waals surface area contributed by atoms with Crippen LogP contribution in [0, 0.1) is 6.92 Å². The van der Waals surface area contributed by atoms with Crippen LogP contribution in [0.1, 0.15) is 16.1 Å². The highest BCUT2D eigenvalue weighted by Crippen LogP contribution is 2.27. The molecule has 0 bridgehead atoms. The zero-order valence-electron chi connectivity index (χ0n) is 16.5. The lowest BCUT2D eigenvalue weighted by Crippen LogP contribution is -2.16. The molecule has 1 amide bonds. The molecule has 5 rings (SSSR count). The van der Waals surface area contributed by atoms with Crippen LogP contribution < -0.4 is 4.80 Å². The van der Waals surface area contributed by atoms with Crippen LogP contribution in [0.15, 0.2) is 84.4 Å². The molecule has 2 aromatic heterocycles. The molecule has 4 nitrogen and oxygen atoms in total. The van der Waals surface area contributed by atoms with Crippen molar-refractivity contribution in [2.75, 3.05) is 0 Å². The Kier molecular flexibility index (Phi) is 4.52. The first kappa shape index (κ1) is 18.5. The number of carbonyl (C=O) groups is 1. The maximum absolute atomic E-state index is 13.0. The van der Waals surface area contributed by atoms with Gasteiger partial charge in [-0.05, 0) is 42.6 Å². The summed E-state index contributed by atoms with van der Waals surface area (Å²) in [6, 6.07) is 21.9. The first-order chi connectivity index (χ1) is 14.6. The number of aromatic nitrogens is 2. The van der Waals surface area contributed by atoms with Crippen LogP contribution in [-0.4, -0.2) is 15.5 Å². The summed E-state index contributed by atoms with van der Waals surface area (Å²) in [5.41, 5.74) is 3.44. The van der Waals surface area contributed by atoms with Gasteiger partial charge in [0.1, 0.15) is 0 Å². The van der Waals surface area contributed by atoms with Gasteiger partial charge in [-0.15, -0.1) is 6.58 Å². The molecule has 2 heterocycles. The summed E-state index contributed by atoms with van der Waals surface area (Å²) >= 11 is 1.54. The molecule has 3 aromatic carbocycles. The van der Waals surface area contributed by atoms with E-state index in [0.717, 1.165) is 26.8 Å². The molecule has 30 heavy (non-hydrogen) atoms. The molecule has 0 saturated heterocycles. The molecule has 146 valence electrons. The van der Waals surface area contributed by atoms with E-state index < -0.39 is 0 Å². The first-order valence-electron chi connectivity index (χ1n) is 9.72. The van der Waals surface area contributed by atoms with Crippen molar-refractivity contribution in [2.45, 2.75) is 13.5 Å². The number of benzene rings is 3. The summed E-state index contributed by atoms with van der Waals surface area (Å²) in [7, 11) is 0. The summed E-state index contributed by atoms with van der Waals surface area (Å²) in [6.45, 7) is 6.42. The highest BCUT2D eigenvalue weighted by Gasteiger charge is 2.11. The van der Waals surface area contributed by atoms with Crippen molar-refractivity contribution in [3.63, 3.8) is 0 Å². The Morgan fingerprint density at radius 1 is 1.10 bits per heavy atom. The number of amides is 1. The van der Waals surface area contributed by atoms with Gasteiger partial charge in [0.15, 0.2) is 4.80 Å². The SMILES string of the molecule is C=CCn1c(=NC(=O)c2ccc3nc(C)ccc3c2)sc2c3ccccc3ccc21. The molecule has 0 aliphatic rings. The Hall–Kier alpha value is -3.57. The van der Waals surface area contributed by atoms with E-state index in [9.17, 15) is 4.79 Å². The zero-order chi connectivity index (χ0) is 20.7.